The van der Waals surface area contributed by atoms with Crippen LogP contribution < -0.4 is 5.32 Å². The lowest BCUT2D eigenvalue weighted by Gasteiger charge is -1.88. The fourth-order valence-electron chi connectivity index (χ4n) is 0.512. The first-order valence-corrected chi connectivity index (χ1v) is 2.51. The summed E-state index contributed by atoms with van der Waals surface area (Å²) >= 11 is 0. The van der Waals surface area contributed by atoms with E-state index in [0.717, 1.165) is 5.56 Å². The number of nitrogens with one attached hydrogen (secondary N) is 2. The van der Waals surface area contributed by atoms with Crippen LogP contribution in [0.2, 0.25) is 0 Å². The molecular weight excluding hydrogens is 118 g/mol. The summed E-state index contributed by atoms with van der Waals surface area (Å²) in [4.78, 5) is 9.63. The maximum atomic E-state index is 9.63. The van der Waals surface area contributed by atoms with E-state index in [0.29, 0.717) is 6.54 Å². The van der Waals surface area contributed by atoms with Crippen molar-refractivity contribution in [3.05, 3.63) is 18.0 Å². The van der Waals surface area contributed by atoms with Crippen LogP contribution in [0.25, 0.3) is 0 Å². The Morgan fingerprint density at radius 1 is 1.89 bits per heavy atom. The van der Waals surface area contributed by atoms with Gasteiger partial charge >= 0.3 is 6.41 Å². The maximum Gasteiger partial charge on any atom is 0.309 e. The molecule has 1 aromatic heterocycles. The summed E-state index contributed by atoms with van der Waals surface area (Å²) in [5.41, 5.74) is 0.943. The second-order valence-corrected chi connectivity index (χ2v) is 1.56. The van der Waals surface area contributed by atoms with E-state index < -0.39 is 0 Å². The van der Waals surface area contributed by atoms with Crippen LogP contribution in [0.1, 0.15) is 5.56 Å². The molecule has 1 heterocycles. The standard InChI is InChI=1S/C5H6N3O/c9-4-6-1-5-2-7-8-3-5/h2-3H,1H2,(H,6,9)(H,7,8). The van der Waals surface area contributed by atoms with Gasteiger partial charge in [-0.2, -0.15) is 5.10 Å². The summed E-state index contributed by atoms with van der Waals surface area (Å²) in [6.45, 7) is 0.486. The number of hydrogen-bond donors (Lipinski definition) is 2. The van der Waals surface area contributed by atoms with Crippen molar-refractivity contribution < 1.29 is 4.79 Å². The van der Waals surface area contributed by atoms with E-state index in [1.54, 1.807) is 18.8 Å². The number of rotatable bonds is 3. The quantitative estimate of drug-likeness (QED) is 0.537. The first-order chi connectivity index (χ1) is 4.43. The van der Waals surface area contributed by atoms with Gasteiger partial charge in [-0.05, 0) is 0 Å². The molecule has 4 nitrogen and oxygen atoms in total. The summed E-state index contributed by atoms with van der Waals surface area (Å²) in [6.07, 6.45) is 4.92. The molecule has 0 aliphatic heterocycles. The van der Waals surface area contributed by atoms with Crippen molar-refractivity contribution in [3.8, 4) is 0 Å². The third-order valence-electron chi connectivity index (χ3n) is 0.920. The van der Waals surface area contributed by atoms with Crippen molar-refractivity contribution in [2.45, 2.75) is 6.54 Å². The van der Waals surface area contributed by atoms with E-state index >= 15 is 0 Å². The summed E-state index contributed by atoms with van der Waals surface area (Å²) < 4.78 is 0. The smallest absolute Gasteiger partial charge is 0.309 e. The molecule has 0 aliphatic rings. The highest BCUT2D eigenvalue weighted by atomic mass is 16.1. The Morgan fingerprint density at radius 2 is 2.78 bits per heavy atom. The van der Waals surface area contributed by atoms with Crippen molar-refractivity contribution in [1.29, 1.82) is 0 Å². The molecule has 0 spiro atoms. The Bertz CT molecular complexity index is 170. The number of amides is 1. The molecular formula is C5H6N3O. The minimum Gasteiger partial charge on any atom is -0.344 e. The topological polar surface area (TPSA) is 57.8 Å². The van der Waals surface area contributed by atoms with Gasteiger partial charge in [0.05, 0.1) is 6.20 Å². The van der Waals surface area contributed by atoms with Crippen molar-refractivity contribution in [1.82, 2.24) is 15.5 Å². The number of hydrogen-bond acceptors (Lipinski definition) is 2. The molecule has 1 radical (unpaired) electrons. The number of aromatic nitrogens is 2. The minimum absolute atomic E-state index is 0.486. The molecule has 2 N–H and O–H groups in total. The first kappa shape index (κ1) is 5.81. The van der Waals surface area contributed by atoms with Crippen molar-refractivity contribution >= 4 is 6.41 Å². The van der Waals surface area contributed by atoms with Gasteiger partial charge in [0.1, 0.15) is 0 Å². The van der Waals surface area contributed by atoms with E-state index in [1.807, 2.05) is 0 Å². The monoisotopic (exact) mass is 124 g/mol. The summed E-state index contributed by atoms with van der Waals surface area (Å²) in [5.74, 6) is 0. The fourth-order valence-corrected chi connectivity index (χ4v) is 0.512. The molecule has 0 aromatic carbocycles. The lowest BCUT2D eigenvalue weighted by atomic mass is 10.4. The third-order valence-corrected chi connectivity index (χ3v) is 0.920. The number of carbonyl (C=O) groups excluding carboxylic acids is 1. The number of aromatic amines is 1. The van der Waals surface area contributed by atoms with Gasteiger partial charge < -0.3 is 5.32 Å². The molecule has 4 heteroatoms. The van der Waals surface area contributed by atoms with E-state index in [-0.39, 0.29) is 0 Å². The molecule has 0 atom stereocenters. The fraction of sp³-hybridized carbons (Fsp3) is 0.200. The zero-order valence-corrected chi connectivity index (χ0v) is 4.72. The summed E-state index contributed by atoms with van der Waals surface area (Å²) in [6, 6.07) is 0. The molecule has 1 aromatic rings. The highest BCUT2D eigenvalue weighted by Gasteiger charge is 1.88. The second-order valence-electron chi connectivity index (χ2n) is 1.56. The predicted molar refractivity (Wildman–Crippen MR) is 31.1 cm³/mol. The lowest BCUT2D eigenvalue weighted by molar-refractivity contribution is 0.542. The number of H-pyrrole nitrogens is 1. The molecule has 0 saturated carbocycles. The van der Waals surface area contributed by atoms with Gasteiger partial charge in [-0.25, -0.2) is 0 Å². The molecule has 1 rings (SSSR count). The largest absolute Gasteiger partial charge is 0.344 e. The van der Waals surface area contributed by atoms with Gasteiger partial charge in [0.15, 0.2) is 0 Å². The summed E-state index contributed by atoms with van der Waals surface area (Å²) in [5, 5.41) is 8.68. The Hall–Kier alpha value is -1.32. The Labute approximate surface area is 52.3 Å². The van der Waals surface area contributed by atoms with E-state index in [2.05, 4.69) is 15.5 Å². The highest BCUT2D eigenvalue weighted by Crippen LogP contribution is 1.89. The molecule has 0 unspecified atom stereocenters. The number of nitrogens with zero attached hydrogens (tertiary/aromatic N) is 1. The zero-order chi connectivity index (χ0) is 6.53. The molecule has 9 heavy (non-hydrogen) atoms. The van der Waals surface area contributed by atoms with E-state index in [4.69, 9.17) is 0 Å². The molecule has 0 saturated heterocycles. The Morgan fingerprint density at radius 3 is 3.33 bits per heavy atom. The molecule has 0 fully saturated rings. The first-order valence-electron chi connectivity index (χ1n) is 2.51. The zero-order valence-electron chi connectivity index (χ0n) is 4.72. The van der Waals surface area contributed by atoms with Gasteiger partial charge in [-0.3, -0.25) is 9.89 Å². The van der Waals surface area contributed by atoms with Crippen LogP contribution in [0.5, 0.6) is 0 Å². The lowest BCUT2D eigenvalue weighted by Crippen LogP contribution is -2.08. The maximum absolute atomic E-state index is 9.63. The molecule has 0 bridgehead atoms. The third kappa shape index (κ3) is 1.56. The van der Waals surface area contributed by atoms with Crippen LogP contribution in [0.15, 0.2) is 12.4 Å². The minimum atomic E-state index is 0.486. The average molecular weight is 124 g/mol. The van der Waals surface area contributed by atoms with Crippen molar-refractivity contribution in [3.63, 3.8) is 0 Å². The summed E-state index contributed by atoms with van der Waals surface area (Å²) in [7, 11) is 0. The Kier molecular flexibility index (Phi) is 1.85. The Balaban J connectivity index is 2.38. The molecule has 1 amide bonds. The van der Waals surface area contributed by atoms with Gasteiger partial charge in [0.25, 0.3) is 0 Å². The van der Waals surface area contributed by atoms with Gasteiger partial charge in [0, 0.05) is 18.3 Å². The van der Waals surface area contributed by atoms with Crippen LogP contribution in [-0.2, 0) is 11.3 Å². The van der Waals surface area contributed by atoms with Crippen LogP contribution in [0, 0.1) is 0 Å². The van der Waals surface area contributed by atoms with E-state index in [9.17, 15) is 4.79 Å². The highest BCUT2D eigenvalue weighted by molar-refractivity contribution is 5.47. The second kappa shape index (κ2) is 2.86. The van der Waals surface area contributed by atoms with Gasteiger partial charge in [-0.15, -0.1) is 0 Å². The predicted octanol–water partition coefficient (Wildman–Crippen LogP) is -0.434. The van der Waals surface area contributed by atoms with Gasteiger partial charge in [0.2, 0.25) is 0 Å². The van der Waals surface area contributed by atoms with E-state index in [1.165, 1.54) is 0 Å². The van der Waals surface area contributed by atoms with Crippen LogP contribution in [0.3, 0.4) is 0 Å². The van der Waals surface area contributed by atoms with Crippen LogP contribution >= 0.6 is 0 Å². The molecule has 0 aliphatic carbocycles. The van der Waals surface area contributed by atoms with Crippen LogP contribution in [-0.4, -0.2) is 16.6 Å². The SMILES string of the molecule is O=[C]NCc1cn[nH]c1. The van der Waals surface area contributed by atoms with Crippen molar-refractivity contribution in [2.75, 3.05) is 0 Å². The normalized spacial score (nSPS) is 8.89. The van der Waals surface area contributed by atoms with Crippen LogP contribution in [0.4, 0.5) is 0 Å². The van der Waals surface area contributed by atoms with Crippen molar-refractivity contribution in [2.24, 2.45) is 0 Å². The molecule has 47 valence electrons. The van der Waals surface area contributed by atoms with Gasteiger partial charge in [-0.1, -0.05) is 0 Å². The average Bonchev–Trinajstić information content (AvgIpc) is 2.34.